The fourth-order valence-corrected chi connectivity index (χ4v) is 3.25. The molecule has 0 aromatic heterocycles. The summed E-state index contributed by atoms with van der Waals surface area (Å²) in [5.74, 6) is -0.352. The average molecular weight is 373 g/mol. The van der Waals surface area contributed by atoms with Gasteiger partial charge in [-0.1, -0.05) is 24.3 Å². The highest BCUT2D eigenvalue weighted by atomic mass is 19.1. The predicted molar refractivity (Wildman–Crippen MR) is 93.1 cm³/mol. The van der Waals surface area contributed by atoms with E-state index in [9.17, 15) is 30.1 Å². The van der Waals surface area contributed by atoms with Crippen LogP contribution in [0, 0.1) is 17.1 Å². The van der Waals surface area contributed by atoms with E-state index in [1.54, 1.807) is 30.3 Å². The number of hydrogen-bond acceptors (Lipinski definition) is 6. The third kappa shape index (κ3) is 4.00. The maximum Gasteiger partial charge on any atom is 0.123 e. The third-order valence-corrected chi connectivity index (χ3v) is 4.78. The van der Waals surface area contributed by atoms with Crippen LogP contribution in [0.2, 0.25) is 0 Å². The van der Waals surface area contributed by atoms with Gasteiger partial charge in [0.1, 0.15) is 36.3 Å². The molecule has 2 aromatic rings. The van der Waals surface area contributed by atoms with Crippen LogP contribution in [-0.4, -0.2) is 51.4 Å². The minimum absolute atomic E-state index is 0.352. The summed E-state index contributed by atoms with van der Waals surface area (Å²) >= 11 is 0. The van der Waals surface area contributed by atoms with Crippen LogP contribution in [0.5, 0.6) is 0 Å². The first-order chi connectivity index (χ1) is 12.9. The zero-order valence-electron chi connectivity index (χ0n) is 14.4. The minimum atomic E-state index is -1.47. The Morgan fingerprint density at radius 1 is 1.00 bits per heavy atom. The zero-order valence-corrected chi connectivity index (χ0v) is 14.4. The van der Waals surface area contributed by atoms with Crippen LogP contribution < -0.4 is 0 Å². The van der Waals surface area contributed by atoms with Gasteiger partial charge in [0.2, 0.25) is 0 Å². The van der Waals surface area contributed by atoms with Crippen molar-refractivity contribution in [1.29, 1.82) is 5.26 Å². The Morgan fingerprint density at radius 2 is 1.70 bits per heavy atom. The SMILES string of the molecule is N#Cc1ccc([C@@H]2O[C@H](CO)[C@@H](O)[C@H](O)[C@H]2O)cc1Cc1ccc(F)cc1. The highest BCUT2D eigenvalue weighted by Crippen LogP contribution is 2.33. The van der Waals surface area contributed by atoms with E-state index >= 15 is 0 Å². The van der Waals surface area contributed by atoms with E-state index < -0.39 is 37.1 Å². The van der Waals surface area contributed by atoms with Gasteiger partial charge in [-0.15, -0.1) is 0 Å². The fourth-order valence-electron chi connectivity index (χ4n) is 3.25. The summed E-state index contributed by atoms with van der Waals surface area (Å²) in [6.07, 6.45) is -5.91. The lowest BCUT2D eigenvalue weighted by Crippen LogP contribution is -2.55. The van der Waals surface area contributed by atoms with Crippen molar-refractivity contribution in [2.45, 2.75) is 36.9 Å². The molecule has 5 atom stereocenters. The smallest absolute Gasteiger partial charge is 0.123 e. The average Bonchev–Trinajstić information content (AvgIpc) is 2.68. The lowest BCUT2D eigenvalue weighted by Gasteiger charge is -2.40. The minimum Gasteiger partial charge on any atom is -0.394 e. The first-order valence-corrected chi connectivity index (χ1v) is 8.52. The van der Waals surface area contributed by atoms with Gasteiger partial charge in [-0.2, -0.15) is 5.26 Å². The van der Waals surface area contributed by atoms with Gasteiger partial charge in [-0.3, -0.25) is 0 Å². The van der Waals surface area contributed by atoms with Gasteiger partial charge >= 0.3 is 0 Å². The monoisotopic (exact) mass is 373 g/mol. The van der Waals surface area contributed by atoms with Gasteiger partial charge in [0, 0.05) is 0 Å². The molecule has 7 heteroatoms. The fraction of sp³-hybridized carbons (Fsp3) is 0.350. The summed E-state index contributed by atoms with van der Waals surface area (Å²) in [6.45, 7) is -0.514. The number of halogens is 1. The second-order valence-corrected chi connectivity index (χ2v) is 6.58. The quantitative estimate of drug-likeness (QED) is 0.631. The lowest BCUT2D eigenvalue weighted by atomic mass is 9.89. The molecule has 1 heterocycles. The number of benzene rings is 2. The second kappa shape index (κ2) is 8.13. The van der Waals surface area contributed by atoms with Gasteiger partial charge in [-0.05, 0) is 41.3 Å². The summed E-state index contributed by atoms with van der Waals surface area (Å²) in [6, 6.07) is 12.9. The van der Waals surface area contributed by atoms with Gasteiger partial charge in [0.05, 0.1) is 18.2 Å². The molecule has 0 aliphatic carbocycles. The molecule has 0 amide bonds. The van der Waals surface area contributed by atoms with Crippen molar-refractivity contribution in [3.8, 4) is 6.07 Å². The molecule has 1 saturated heterocycles. The van der Waals surface area contributed by atoms with Crippen molar-refractivity contribution < 1.29 is 29.6 Å². The summed E-state index contributed by atoms with van der Waals surface area (Å²) in [5, 5.41) is 48.9. The molecule has 0 bridgehead atoms. The highest BCUT2D eigenvalue weighted by Gasteiger charge is 2.44. The molecular weight excluding hydrogens is 353 g/mol. The van der Waals surface area contributed by atoms with Crippen LogP contribution in [0.25, 0.3) is 0 Å². The van der Waals surface area contributed by atoms with Crippen LogP contribution in [0.4, 0.5) is 4.39 Å². The molecule has 0 saturated carbocycles. The van der Waals surface area contributed by atoms with Gasteiger partial charge in [0.25, 0.3) is 0 Å². The van der Waals surface area contributed by atoms with Crippen LogP contribution in [-0.2, 0) is 11.2 Å². The number of rotatable bonds is 4. The van der Waals surface area contributed by atoms with Crippen LogP contribution in [0.3, 0.4) is 0 Å². The number of ether oxygens (including phenoxy) is 1. The largest absolute Gasteiger partial charge is 0.394 e. The number of aliphatic hydroxyl groups excluding tert-OH is 4. The molecule has 0 radical (unpaired) electrons. The molecule has 6 nitrogen and oxygen atoms in total. The first-order valence-electron chi connectivity index (χ1n) is 8.52. The van der Waals surface area contributed by atoms with Crippen LogP contribution in [0.15, 0.2) is 42.5 Å². The van der Waals surface area contributed by atoms with Gasteiger partial charge < -0.3 is 25.2 Å². The van der Waals surface area contributed by atoms with Crippen molar-refractivity contribution in [3.63, 3.8) is 0 Å². The molecule has 3 rings (SSSR count). The van der Waals surface area contributed by atoms with E-state index in [1.807, 2.05) is 0 Å². The van der Waals surface area contributed by atoms with Crippen molar-refractivity contribution in [2.24, 2.45) is 0 Å². The Bertz CT molecular complexity index is 833. The highest BCUT2D eigenvalue weighted by molar-refractivity contribution is 5.44. The summed E-state index contributed by atoms with van der Waals surface area (Å²) in [5.41, 5.74) is 2.38. The van der Waals surface area contributed by atoms with E-state index in [0.717, 1.165) is 5.56 Å². The Morgan fingerprint density at radius 3 is 2.33 bits per heavy atom. The summed E-state index contributed by atoms with van der Waals surface area (Å²) in [7, 11) is 0. The standard InChI is InChI=1S/C20H20FNO5/c21-15-5-1-11(2-6-15)7-14-8-12(3-4-13(14)9-22)20-19(26)18(25)17(24)16(10-23)27-20/h1-6,8,16-20,23-26H,7,10H2/t16-,17-,18+,19-,20+/m1/s1. The van der Waals surface area contributed by atoms with Crippen molar-refractivity contribution in [1.82, 2.24) is 0 Å². The zero-order chi connectivity index (χ0) is 19.6. The summed E-state index contributed by atoms with van der Waals surface area (Å²) in [4.78, 5) is 0. The van der Waals surface area contributed by atoms with Gasteiger partial charge in [0.15, 0.2) is 0 Å². The molecule has 1 fully saturated rings. The molecule has 1 aliphatic heterocycles. The maximum absolute atomic E-state index is 13.1. The Hall–Kier alpha value is -2.34. The van der Waals surface area contributed by atoms with E-state index in [2.05, 4.69) is 6.07 Å². The molecule has 27 heavy (non-hydrogen) atoms. The maximum atomic E-state index is 13.1. The Kier molecular flexibility index (Phi) is 5.85. The van der Waals surface area contributed by atoms with Crippen molar-refractivity contribution in [2.75, 3.05) is 6.61 Å². The molecule has 142 valence electrons. The molecule has 1 aliphatic rings. The topological polar surface area (TPSA) is 114 Å². The van der Waals surface area contributed by atoms with E-state index in [1.165, 1.54) is 12.1 Å². The van der Waals surface area contributed by atoms with E-state index in [0.29, 0.717) is 23.1 Å². The number of aliphatic hydroxyl groups is 4. The summed E-state index contributed by atoms with van der Waals surface area (Å²) < 4.78 is 18.7. The predicted octanol–water partition coefficient (Wildman–Crippen LogP) is 0.803. The van der Waals surface area contributed by atoms with Crippen molar-refractivity contribution in [3.05, 3.63) is 70.5 Å². The van der Waals surface area contributed by atoms with Gasteiger partial charge in [-0.25, -0.2) is 4.39 Å². The number of nitriles is 1. The molecular formula is C20H20FNO5. The Balaban J connectivity index is 1.92. The normalized spacial score (nSPS) is 27.9. The first kappa shape index (κ1) is 19.4. The number of hydrogen-bond donors (Lipinski definition) is 4. The molecule has 4 N–H and O–H groups in total. The molecule has 2 aromatic carbocycles. The Labute approximate surface area is 155 Å². The van der Waals surface area contributed by atoms with E-state index in [-0.39, 0.29) is 5.82 Å². The molecule has 0 spiro atoms. The third-order valence-electron chi connectivity index (χ3n) is 4.78. The number of nitrogens with zero attached hydrogens (tertiary/aromatic N) is 1. The van der Waals surface area contributed by atoms with Crippen molar-refractivity contribution >= 4 is 0 Å². The lowest BCUT2D eigenvalue weighted by molar-refractivity contribution is -0.231. The van der Waals surface area contributed by atoms with Crippen LogP contribution >= 0.6 is 0 Å². The molecule has 0 unspecified atom stereocenters. The second-order valence-electron chi connectivity index (χ2n) is 6.58. The van der Waals surface area contributed by atoms with Crippen LogP contribution in [0.1, 0.15) is 28.4 Å². The van der Waals surface area contributed by atoms with E-state index in [4.69, 9.17) is 4.74 Å².